The highest BCUT2D eigenvalue weighted by atomic mass is 16.4. The Labute approximate surface area is 98.9 Å². The van der Waals surface area contributed by atoms with E-state index in [-0.39, 0.29) is 23.8 Å². The van der Waals surface area contributed by atoms with Gasteiger partial charge in [0.05, 0.1) is 0 Å². The molecule has 0 aromatic rings. The third-order valence-electron chi connectivity index (χ3n) is 2.79. The molecule has 0 spiro atoms. The van der Waals surface area contributed by atoms with Gasteiger partial charge in [0.25, 0.3) is 0 Å². The first kappa shape index (κ1) is 13.3. The van der Waals surface area contributed by atoms with Crippen molar-refractivity contribution >= 4 is 17.9 Å². The molecule has 96 valence electrons. The number of hydrogen-bond donors (Lipinski definition) is 4. The molecule has 0 heterocycles. The van der Waals surface area contributed by atoms with E-state index >= 15 is 0 Å². The zero-order valence-corrected chi connectivity index (χ0v) is 9.66. The summed E-state index contributed by atoms with van der Waals surface area (Å²) in [6.45, 7) is 1.31. The Balaban J connectivity index is 2.28. The highest BCUT2D eigenvalue weighted by molar-refractivity contribution is 5.82. The minimum atomic E-state index is -1.03. The number of carboxylic acid groups (broad SMARTS) is 1. The van der Waals surface area contributed by atoms with Crippen molar-refractivity contribution < 1.29 is 19.5 Å². The fourth-order valence-electron chi connectivity index (χ4n) is 1.93. The van der Waals surface area contributed by atoms with Crippen LogP contribution in [0.3, 0.4) is 0 Å². The van der Waals surface area contributed by atoms with Gasteiger partial charge in [-0.1, -0.05) is 0 Å². The number of rotatable bonds is 2. The van der Waals surface area contributed by atoms with Crippen molar-refractivity contribution in [2.45, 2.75) is 38.6 Å². The van der Waals surface area contributed by atoms with Crippen LogP contribution in [0.2, 0.25) is 0 Å². The lowest BCUT2D eigenvalue weighted by molar-refractivity contribution is -0.131. The van der Waals surface area contributed by atoms with E-state index in [0.29, 0.717) is 25.7 Å². The lowest BCUT2D eigenvalue weighted by Crippen LogP contribution is -2.46. The van der Waals surface area contributed by atoms with E-state index < -0.39 is 6.09 Å². The van der Waals surface area contributed by atoms with Gasteiger partial charge in [-0.2, -0.15) is 0 Å². The molecule has 0 radical (unpaired) electrons. The molecular formula is C10H17N3O4. The number of hydrogen-bond acceptors (Lipinski definition) is 3. The average molecular weight is 243 g/mol. The Morgan fingerprint density at radius 2 is 1.65 bits per heavy atom. The van der Waals surface area contributed by atoms with Crippen LogP contribution in [0.4, 0.5) is 4.79 Å². The van der Waals surface area contributed by atoms with Crippen LogP contribution in [0.5, 0.6) is 0 Å². The van der Waals surface area contributed by atoms with Crippen molar-refractivity contribution in [1.29, 1.82) is 0 Å². The zero-order chi connectivity index (χ0) is 12.8. The molecule has 7 nitrogen and oxygen atoms in total. The van der Waals surface area contributed by atoms with Crippen molar-refractivity contribution in [1.82, 2.24) is 16.2 Å². The minimum absolute atomic E-state index is 0.0719. The standard InChI is InChI=1S/C10H17N3O4/c1-6(14)12-13-9(15)7-2-4-8(5-3-7)11-10(16)17/h7-8,11H,2-5H2,1H3,(H,12,14)(H,13,15)(H,16,17)/t7-,8-. The molecule has 0 saturated heterocycles. The van der Waals surface area contributed by atoms with Gasteiger partial charge in [0.1, 0.15) is 0 Å². The second-order valence-corrected chi connectivity index (χ2v) is 4.17. The first-order chi connectivity index (χ1) is 7.99. The topological polar surface area (TPSA) is 108 Å². The number of carbonyl (C=O) groups excluding carboxylic acids is 2. The van der Waals surface area contributed by atoms with Crippen LogP contribution in [-0.4, -0.2) is 29.1 Å². The van der Waals surface area contributed by atoms with Gasteiger partial charge in [0.2, 0.25) is 11.8 Å². The maximum atomic E-state index is 11.6. The van der Waals surface area contributed by atoms with Crippen LogP contribution < -0.4 is 16.2 Å². The second-order valence-electron chi connectivity index (χ2n) is 4.17. The first-order valence-corrected chi connectivity index (χ1v) is 5.55. The van der Waals surface area contributed by atoms with Crippen LogP contribution in [0.25, 0.3) is 0 Å². The van der Waals surface area contributed by atoms with E-state index in [1.165, 1.54) is 6.92 Å². The van der Waals surface area contributed by atoms with E-state index in [2.05, 4.69) is 16.2 Å². The average Bonchev–Trinajstić information content (AvgIpc) is 2.26. The maximum absolute atomic E-state index is 11.6. The van der Waals surface area contributed by atoms with Gasteiger partial charge < -0.3 is 10.4 Å². The van der Waals surface area contributed by atoms with Gasteiger partial charge in [0.15, 0.2) is 0 Å². The minimum Gasteiger partial charge on any atom is -0.465 e. The lowest BCUT2D eigenvalue weighted by Gasteiger charge is -2.27. The highest BCUT2D eigenvalue weighted by Gasteiger charge is 2.26. The van der Waals surface area contributed by atoms with Crippen LogP contribution in [0.15, 0.2) is 0 Å². The molecule has 0 aromatic heterocycles. The summed E-state index contributed by atoms with van der Waals surface area (Å²) in [5.74, 6) is -0.692. The number of nitrogens with one attached hydrogen (secondary N) is 3. The largest absolute Gasteiger partial charge is 0.465 e. The van der Waals surface area contributed by atoms with Gasteiger partial charge >= 0.3 is 6.09 Å². The molecular weight excluding hydrogens is 226 g/mol. The summed E-state index contributed by atoms with van der Waals surface area (Å²) >= 11 is 0. The summed E-state index contributed by atoms with van der Waals surface area (Å²) in [6.07, 6.45) is 1.50. The maximum Gasteiger partial charge on any atom is 0.404 e. The molecule has 4 N–H and O–H groups in total. The monoisotopic (exact) mass is 243 g/mol. The molecule has 0 bridgehead atoms. The molecule has 0 atom stereocenters. The normalized spacial score (nSPS) is 23.6. The van der Waals surface area contributed by atoms with E-state index in [9.17, 15) is 14.4 Å². The molecule has 1 aliphatic carbocycles. The Hall–Kier alpha value is -1.79. The fraction of sp³-hybridized carbons (Fsp3) is 0.700. The summed E-state index contributed by atoms with van der Waals surface area (Å²) in [7, 11) is 0. The fourth-order valence-corrected chi connectivity index (χ4v) is 1.93. The molecule has 3 amide bonds. The molecule has 1 saturated carbocycles. The van der Waals surface area contributed by atoms with Gasteiger partial charge in [-0.15, -0.1) is 0 Å². The molecule has 1 fully saturated rings. The molecule has 0 aliphatic heterocycles. The van der Waals surface area contributed by atoms with Crippen LogP contribution >= 0.6 is 0 Å². The highest BCUT2D eigenvalue weighted by Crippen LogP contribution is 2.24. The van der Waals surface area contributed by atoms with Crippen LogP contribution in [-0.2, 0) is 9.59 Å². The number of amides is 3. The number of carbonyl (C=O) groups is 3. The van der Waals surface area contributed by atoms with Gasteiger partial charge in [-0.3, -0.25) is 20.4 Å². The van der Waals surface area contributed by atoms with E-state index in [4.69, 9.17) is 5.11 Å². The lowest BCUT2D eigenvalue weighted by atomic mass is 9.85. The second kappa shape index (κ2) is 6.07. The van der Waals surface area contributed by atoms with Crippen molar-refractivity contribution in [3.63, 3.8) is 0 Å². The van der Waals surface area contributed by atoms with Gasteiger partial charge in [-0.05, 0) is 25.7 Å². The Bertz CT molecular complexity index is 311. The van der Waals surface area contributed by atoms with Gasteiger partial charge in [0, 0.05) is 18.9 Å². The third kappa shape index (κ3) is 4.71. The predicted molar refractivity (Wildman–Crippen MR) is 58.9 cm³/mol. The molecule has 0 aromatic carbocycles. The van der Waals surface area contributed by atoms with E-state index in [1.54, 1.807) is 0 Å². The Kier molecular flexibility index (Phi) is 4.74. The third-order valence-corrected chi connectivity index (χ3v) is 2.79. The van der Waals surface area contributed by atoms with Crippen LogP contribution in [0, 0.1) is 5.92 Å². The summed E-state index contributed by atoms with van der Waals surface area (Å²) in [6, 6.07) is -0.0719. The summed E-state index contributed by atoms with van der Waals surface area (Å²) in [5, 5.41) is 11.0. The van der Waals surface area contributed by atoms with Crippen molar-refractivity contribution in [3.05, 3.63) is 0 Å². The zero-order valence-electron chi connectivity index (χ0n) is 9.66. The molecule has 0 unspecified atom stereocenters. The summed E-state index contributed by atoms with van der Waals surface area (Å²) in [5.41, 5.74) is 4.57. The Morgan fingerprint density at radius 1 is 1.06 bits per heavy atom. The van der Waals surface area contributed by atoms with Crippen molar-refractivity contribution in [2.75, 3.05) is 0 Å². The molecule has 7 heteroatoms. The molecule has 1 rings (SSSR count). The van der Waals surface area contributed by atoms with E-state index in [1.807, 2.05) is 0 Å². The SMILES string of the molecule is CC(=O)NNC(=O)[C@H]1CC[C@H](NC(=O)O)CC1. The summed E-state index contributed by atoms with van der Waals surface area (Å²) in [4.78, 5) is 32.6. The van der Waals surface area contributed by atoms with Crippen molar-refractivity contribution in [2.24, 2.45) is 5.92 Å². The van der Waals surface area contributed by atoms with Gasteiger partial charge in [-0.25, -0.2) is 4.79 Å². The Morgan fingerprint density at radius 3 is 2.12 bits per heavy atom. The quantitative estimate of drug-likeness (QED) is 0.511. The van der Waals surface area contributed by atoms with Crippen molar-refractivity contribution in [3.8, 4) is 0 Å². The molecule has 17 heavy (non-hydrogen) atoms. The van der Waals surface area contributed by atoms with E-state index in [0.717, 1.165) is 0 Å². The smallest absolute Gasteiger partial charge is 0.404 e. The number of hydrazine groups is 1. The summed E-state index contributed by atoms with van der Waals surface area (Å²) < 4.78 is 0. The first-order valence-electron chi connectivity index (χ1n) is 5.55. The van der Waals surface area contributed by atoms with Crippen LogP contribution in [0.1, 0.15) is 32.6 Å². The predicted octanol–water partition coefficient (Wildman–Crippen LogP) is -0.0199. The molecule has 1 aliphatic rings.